The van der Waals surface area contributed by atoms with Crippen molar-refractivity contribution in [2.24, 2.45) is 12.8 Å². The van der Waals surface area contributed by atoms with E-state index in [1.165, 1.54) is 0 Å². The van der Waals surface area contributed by atoms with Crippen LogP contribution < -0.4 is 5.73 Å². The third-order valence-electron chi connectivity index (χ3n) is 2.80. The van der Waals surface area contributed by atoms with Crippen molar-refractivity contribution in [1.82, 2.24) is 24.8 Å². The predicted octanol–water partition coefficient (Wildman–Crippen LogP) is 0.340. The molecule has 0 aromatic carbocycles. The highest BCUT2D eigenvalue weighted by Gasteiger charge is 2.18. The van der Waals surface area contributed by atoms with Gasteiger partial charge in [0.15, 0.2) is 5.82 Å². The van der Waals surface area contributed by atoms with Crippen LogP contribution in [0.3, 0.4) is 0 Å². The number of rotatable bonds is 4. The summed E-state index contributed by atoms with van der Waals surface area (Å²) in [4.78, 5) is 6.31. The third kappa shape index (κ3) is 2.41. The zero-order valence-electron chi connectivity index (χ0n) is 11.1. The van der Waals surface area contributed by atoms with Crippen molar-refractivity contribution in [2.45, 2.75) is 13.0 Å². The van der Waals surface area contributed by atoms with E-state index in [2.05, 4.69) is 15.2 Å². The first-order valence-corrected chi connectivity index (χ1v) is 5.72. The summed E-state index contributed by atoms with van der Waals surface area (Å²) in [7, 11) is 5.77. The topological polar surface area (TPSA) is 86.0 Å². The highest BCUT2D eigenvalue weighted by Crippen LogP contribution is 2.21. The summed E-state index contributed by atoms with van der Waals surface area (Å²) in [5.74, 6) is 0.978. The summed E-state index contributed by atoms with van der Waals surface area (Å²) >= 11 is 0. The van der Waals surface area contributed by atoms with Gasteiger partial charge in [0.05, 0.1) is 17.8 Å². The van der Waals surface area contributed by atoms with Crippen LogP contribution in [0.5, 0.6) is 0 Å². The fourth-order valence-corrected chi connectivity index (χ4v) is 1.68. The number of nitrogens with zero attached hydrogens (tertiary/aromatic N) is 5. The van der Waals surface area contributed by atoms with E-state index in [0.29, 0.717) is 18.3 Å². The number of hydrogen-bond acceptors (Lipinski definition) is 6. The van der Waals surface area contributed by atoms with Crippen molar-refractivity contribution in [3.05, 3.63) is 17.7 Å². The number of hydrogen-bond donors (Lipinski definition) is 1. The second-order valence-electron chi connectivity index (χ2n) is 4.59. The predicted molar refractivity (Wildman–Crippen MR) is 66.7 cm³/mol. The second kappa shape index (κ2) is 4.87. The smallest absolute Gasteiger partial charge is 0.261 e. The SMILES string of the molecule is Cc1c(-c2nc(C(N)CN(C)C)no2)cnn1C. The fourth-order valence-electron chi connectivity index (χ4n) is 1.68. The maximum Gasteiger partial charge on any atom is 0.261 e. The maximum atomic E-state index is 5.98. The van der Waals surface area contributed by atoms with Gasteiger partial charge in [-0.2, -0.15) is 10.1 Å². The van der Waals surface area contributed by atoms with Gasteiger partial charge in [-0.05, 0) is 21.0 Å². The molecule has 7 heteroatoms. The van der Waals surface area contributed by atoms with Crippen molar-refractivity contribution in [3.63, 3.8) is 0 Å². The molecule has 0 aliphatic rings. The molecule has 0 saturated heterocycles. The van der Waals surface area contributed by atoms with Crippen molar-refractivity contribution < 1.29 is 4.52 Å². The van der Waals surface area contributed by atoms with Gasteiger partial charge in [0.25, 0.3) is 5.89 Å². The first-order chi connectivity index (χ1) is 8.49. The minimum atomic E-state index is -0.255. The monoisotopic (exact) mass is 250 g/mol. The van der Waals surface area contributed by atoms with E-state index in [4.69, 9.17) is 10.3 Å². The molecule has 2 N–H and O–H groups in total. The molecule has 2 aromatic heterocycles. The highest BCUT2D eigenvalue weighted by molar-refractivity contribution is 5.54. The normalized spacial score (nSPS) is 13.2. The summed E-state index contributed by atoms with van der Waals surface area (Å²) < 4.78 is 7.00. The molecule has 0 radical (unpaired) electrons. The summed E-state index contributed by atoms with van der Waals surface area (Å²) in [5.41, 5.74) is 7.80. The molecular formula is C11H18N6O. The molecule has 18 heavy (non-hydrogen) atoms. The average molecular weight is 250 g/mol. The molecule has 0 saturated carbocycles. The van der Waals surface area contributed by atoms with Crippen LogP contribution in [0.25, 0.3) is 11.5 Å². The largest absolute Gasteiger partial charge is 0.334 e. The van der Waals surface area contributed by atoms with E-state index in [0.717, 1.165) is 11.3 Å². The summed E-state index contributed by atoms with van der Waals surface area (Å²) in [6, 6.07) is -0.255. The highest BCUT2D eigenvalue weighted by atomic mass is 16.5. The van der Waals surface area contributed by atoms with E-state index in [-0.39, 0.29) is 6.04 Å². The van der Waals surface area contributed by atoms with Crippen LogP contribution in [0.1, 0.15) is 17.6 Å². The van der Waals surface area contributed by atoms with Crippen molar-refractivity contribution in [2.75, 3.05) is 20.6 Å². The molecule has 0 spiro atoms. The lowest BCUT2D eigenvalue weighted by atomic mass is 10.2. The average Bonchev–Trinajstić information content (AvgIpc) is 2.87. The van der Waals surface area contributed by atoms with Gasteiger partial charge in [0.1, 0.15) is 0 Å². The minimum absolute atomic E-state index is 0.255. The maximum absolute atomic E-state index is 5.98. The van der Waals surface area contributed by atoms with E-state index in [1.54, 1.807) is 10.9 Å². The zero-order chi connectivity index (χ0) is 13.3. The third-order valence-corrected chi connectivity index (χ3v) is 2.80. The molecule has 2 rings (SSSR count). The first-order valence-electron chi connectivity index (χ1n) is 5.72. The Bertz CT molecular complexity index is 529. The van der Waals surface area contributed by atoms with Crippen LogP contribution in [0.4, 0.5) is 0 Å². The van der Waals surface area contributed by atoms with Gasteiger partial charge in [-0.15, -0.1) is 0 Å². The Hall–Kier alpha value is -1.73. The molecule has 2 heterocycles. The van der Waals surface area contributed by atoms with Crippen LogP contribution >= 0.6 is 0 Å². The summed E-state index contributed by atoms with van der Waals surface area (Å²) in [6.07, 6.45) is 1.71. The van der Waals surface area contributed by atoms with Gasteiger partial charge in [-0.3, -0.25) is 4.68 Å². The molecular weight excluding hydrogens is 232 g/mol. The lowest BCUT2D eigenvalue weighted by Crippen LogP contribution is -2.26. The number of aryl methyl sites for hydroxylation is 1. The van der Waals surface area contributed by atoms with Gasteiger partial charge in [0, 0.05) is 19.3 Å². The lowest BCUT2D eigenvalue weighted by molar-refractivity contribution is 0.357. The quantitative estimate of drug-likeness (QED) is 0.842. The number of likely N-dealkylation sites (N-methyl/N-ethyl adjacent to an activating group) is 1. The molecule has 1 unspecified atom stereocenters. The van der Waals surface area contributed by atoms with Gasteiger partial charge in [-0.25, -0.2) is 0 Å². The van der Waals surface area contributed by atoms with Crippen LogP contribution in [0.15, 0.2) is 10.7 Å². The molecule has 0 amide bonds. The molecule has 98 valence electrons. The Morgan fingerprint density at radius 2 is 2.22 bits per heavy atom. The van der Waals surface area contributed by atoms with Crippen LogP contribution in [0, 0.1) is 6.92 Å². The number of aromatic nitrogens is 4. The number of nitrogens with two attached hydrogens (primary N) is 1. The Morgan fingerprint density at radius 1 is 1.50 bits per heavy atom. The minimum Gasteiger partial charge on any atom is -0.334 e. The van der Waals surface area contributed by atoms with Crippen molar-refractivity contribution in [3.8, 4) is 11.5 Å². The first kappa shape index (κ1) is 12.7. The molecule has 2 aromatic rings. The Kier molecular flexibility index (Phi) is 3.44. The van der Waals surface area contributed by atoms with Crippen LogP contribution in [-0.4, -0.2) is 45.5 Å². The van der Waals surface area contributed by atoms with Crippen molar-refractivity contribution >= 4 is 0 Å². The Morgan fingerprint density at radius 3 is 2.78 bits per heavy atom. The van der Waals surface area contributed by atoms with Gasteiger partial charge < -0.3 is 15.2 Å². The van der Waals surface area contributed by atoms with Gasteiger partial charge >= 0.3 is 0 Å². The molecule has 1 atom stereocenters. The van der Waals surface area contributed by atoms with Crippen molar-refractivity contribution in [1.29, 1.82) is 0 Å². The standard InChI is InChI=1S/C11H18N6O/c1-7-8(5-13-17(7)4)11-14-10(15-18-11)9(12)6-16(2)3/h5,9H,6,12H2,1-4H3. The van der Waals surface area contributed by atoms with E-state index < -0.39 is 0 Å². The second-order valence-corrected chi connectivity index (χ2v) is 4.59. The van der Waals surface area contributed by atoms with E-state index >= 15 is 0 Å². The Labute approximate surface area is 106 Å². The van der Waals surface area contributed by atoms with Crippen LogP contribution in [0.2, 0.25) is 0 Å². The summed E-state index contributed by atoms with van der Waals surface area (Å²) in [6.45, 7) is 2.62. The lowest BCUT2D eigenvalue weighted by Gasteiger charge is -2.12. The Balaban J connectivity index is 2.23. The zero-order valence-corrected chi connectivity index (χ0v) is 11.1. The fraction of sp³-hybridized carbons (Fsp3) is 0.545. The van der Waals surface area contributed by atoms with Crippen LogP contribution in [-0.2, 0) is 7.05 Å². The van der Waals surface area contributed by atoms with E-state index in [9.17, 15) is 0 Å². The molecule has 0 bridgehead atoms. The molecule has 0 aliphatic heterocycles. The molecule has 0 fully saturated rings. The van der Waals surface area contributed by atoms with E-state index in [1.807, 2.05) is 33.0 Å². The van der Waals surface area contributed by atoms with Gasteiger partial charge in [-0.1, -0.05) is 5.16 Å². The molecule has 7 nitrogen and oxygen atoms in total. The van der Waals surface area contributed by atoms with Gasteiger partial charge in [0.2, 0.25) is 0 Å². The molecule has 0 aliphatic carbocycles. The summed E-state index contributed by atoms with van der Waals surface area (Å²) in [5, 5.41) is 8.07.